The van der Waals surface area contributed by atoms with Gasteiger partial charge in [-0.3, -0.25) is 4.79 Å². The highest BCUT2D eigenvalue weighted by Gasteiger charge is 2.06. The third-order valence-corrected chi connectivity index (χ3v) is 3.33. The molecule has 0 aliphatic heterocycles. The van der Waals surface area contributed by atoms with Crippen molar-refractivity contribution in [3.63, 3.8) is 0 Å². The zero-order valence-electron chi connectivity index (χ0n) is 12.3. The lowest BCUT2D eigenvalue weighted by Crippen LogP contribution is -2.16. The molecule has 0 spiro atoms. The van der Waals surface area contributed by atoms with Crippen LogP contribution in [0.15, 0.2) is 36.4 Å². The molecule has 2 aromatic carbocycles. The van der Waals surface area contributed by atoms with E-state index in [9.17, 15) is 13.6 Å². The smallest absolute Gasteiger partial charge is 0.226 e. The lowest BCUT2D eigenvalue weighted by atomic mass is 10.2. The highest BCUT2D eigenvalue weighted by molar-refractivity contribution is 6.32. The van der Waals surface area contributed by atoms with Gasteiger partial charge in [-0.1, -0.05) is 11.6 Å². The second kappa shape index (κ2) is 7.78. The fourth-order valence-corrected chi connectivity index (χ4v) is 2.15. The molecule has 0 heterocycles. The van der Waals surface area contributed by atoms with Crippen LogP contribution in [0.2, 0.25) is 5.02 Å². The minimum atomic E-state index is -0.938. The van der Waals surface area contributed by atoms with E-state index >= 15 is 0 Å². The normalized spacial score (nSPS) is 10.3. The summed E-state index contributed by atoms with van der Waals surface area (Å²) in [6.45, 7) is 0.279. The van der Waals surface area contributed by atoms with Crippen LogP contribution in [-0.2, 0) is 4.79 Å². The number of amides is 1. The van der Waals surface area contributed by atoms with Gasteiger partial charge in [-0.25, -0.2) is 8.78 Å². The summed E-state index contributed by atoms with van der Waals surface area (Å²) in [6, 6.07) is 8.37. The molecule has 4 nitrogen and oxygen atoms in total. The van der Waals surface area contributed by atoms with Gasteiger partial charge in [-0.15, -0.1) is 0 Å². The van der Waals surface area contributed by atoms with Crippen LogP contribution in [-0.4, -0.2) is 19.6 Å². The summed E-state index contributed by atoms with van der Waals surface area (Å²) in [7, 11) is 1.50. The van der Waals surface area contributed by atoms with Crippen LogP contribution in [0.3, 0.4) is 0 Å². The van der Waals surface area contributed by atoms with Crippen molar-refractivity contribution in [3.8, 4) is 5.75 Å². The summed E-state index contributed by atoms with van der Waals surface area (Å²) < 4.78 is 30.9. The van der Waals surface area contributed by atoms with Gasteiger partial charge in [0.15, 0.2) is 11.6 Å². The summed E-state index contributed by atoms with van der Waals surface area (Å²) in [6.07, 6.45) is 0.155. The van der Waals surface area contributed by atoms with Crippen LogP contribution >= 0.6 is 11.6 Å². The number of ether oxygens (including phenoxy) is 1. The van der Waals surface area contributed by atoms with E-state index in [4.69, 9.17) is 16.3 Å². The Bertz CT molecular complexity index is 710. The molecule has 2 rings (SSSR count). The average Bonchev–Trinajstić information content (AvgIpc) is 2.51. The van der Waals surface area contributed by atoms with Crippen molar-refractivity contribution in [1.29, 1.82) is 0 Å². The quantitative estimate of drug-likeness (QED) is 0.833. The Balaban J connectivity index is 1.83. The highest BCUT2D eigenvalue weighted by atomic mass is 35.5. The van der Waals surface area contributed by atoms with Crippen molar-refractivity contribution >= 4 is 28.9 Å². The van der Waals surface area contributed by atoms with E-state index in [2.05, 4.69) is 10.6 Å². The van der Waals surface area contributed by atoms with Gasteiger partial charge in [0.25, 0.3) is 0 Å². The number of methoxy groups -OCH3 is 1. The fraction of sp³-hybridized carbons (Fsp3) is 0.188. The second-order valence-electron chi connectivity index (χ2n) is 4.70. The number of carbonyl (C=O) groups is 1. The van der Waals surface area contributed by atoms with Crippen molar-refractivity contribution in [3.05, 3.63) is 53.1 Å². The number of anilines is 2. The zero-order valence-corrected chi connectivity index (χ0v) is 13.1. The molecule has 2 N–H and O–H groups in total. The van der Waals surface area contributed by atoms with Crippen LogP contribution in [0.4, 0.5) is 20.2 Å². The summed E-state index contributed by atoms with van der Waals surface area (Å²) in [5.41, 5.74) is 0.956. The number of nitrogens with one attached hydrogen (secondary N) is 2. The first-order valence-corrected chi connectivity index (χ1v) is 7.19. The average molecular weight is 341 g/mol. The molecule has 2 aromatic rings. The Morgan fingerprint density at radius 1 is 1.13 bits per heavy atom. The maximum absolute atomic E-state index is 13.0. The van der Waals surface area contributed by atoms with Gasteiger partial charge in [0.05, 0.1) is 12.1 Å². The molecule has 0 saturated carbocycles. The standard InChI is InChI=1S/C16H15ClF2N2O2/c1-23-15-5-3-11(8-12(15)17)21-16(22)6-7-20-10-2-4-13(18)14(19)9-10/h2-5,8-9,20H,6-7H2,1H3,(H,21,22). The first-order valence-electron chi connectivity index (χ1n) is 6.82. The van der Waals surface area contributed by atoms with Crippen molar-refractivity contribution in [2.45, 2.75) is 6.42 Å². The summed E-state index contributed by atoms with van der Waals surface area (Å²) in [4.78, 5) is 11.8. The fourth-order valence-electron chi connectivity index (χ4n) is 1.89. The SMILES string of the molecule is COc1ccc(NC(=O)CCNc2ccc(F)c(F)c2)cc1Cl. The summed E-state index contributed by atoms with van der Waals surface area (Å²) in [5, 5.41) is 5.93. The number of rotatable bonds is 6. The lowest BCUT2D eigenvalue weighted by molar-refractivity contribution is -0.115. The molecule has 1 amide bonds. The van der Waals surface area contributed by atoms with Crippen molar-refractivity contribution in [2.24, 2.45) is 0 Å². The Morgan fingerprint density at radius 2 is 1.87 bits per heavy atom. The van der Waals surface area contributed by atoms with E-state index in [0.29, 0.717) is 22.1 Å². The maximum Gasteiger partial charge on any atom is 0.226 e. The predicted octanol–water partition coefficient (Wildman–Crippen LogP) is 4.07. The van der Waals surface area contributed by atoms with Crippen LogP contribution in [0.5, 0.6) is 5.75 Å². The maximum atomic E-state index is 13.0. The van der Waals surface area contributed by atoms with Gasteiger partial charge in [0.2, 0.25) is 5.91 Å². The number of benzene rings is 2. The molecule has 7 heteroatoms. The highest BCUT2D eigenvalue weighted by Crippen LogP contribution is 2.27. The number of hydrogen-bond acceptors (Lipinski definition) is 3. The third-order valence-electron chi connectivity index (χ3n) is 3.04. The molecule has 0 atom stereocenters. The van der Waals surface area contributed by atoms with Crippen LogP contribution in [0.25, 0.3) is 0 Å². The Hall–Kier alpha value is -2.34. The van der Waals surface area contributed by atoms with Gasteiger partial charge in [0.1, 0.15) is 5.75 Å². The van der Waals surface area contributed by atoms with Crippen molar-refractivity contribution < 1.29 is 18.3 Å². The molecule has 0 aliphatic carbocycles. The third kappa shape index (κ3) is 4.82. The number of carbonyl (C=O) groups excluding carboxylic acids is 1. The molecule has 0 unspecified atom stereocenters. The van der Waals surface area contributed by atoms with Gasteiger partial charge in [-0.2, -0.15) is 0 Å². The Labute approximate surface area is 137 Å². The first kappa shape index (κ1) is 17.0. The van der Waals surface area contributed by atoms with Crippen LogP contribution in [0.1, 0.15) is 6.42 Å². The van der Waals surface area contributed by atoms with Gasteiger partial charge in [-0.05, 0) is 36.4 Å². The molecular formula is C16H15ClF2N2O2. The molecule has 0 aromatic heterocycles. The van der Waals surface area contributed by atoms with E-state index < -0.39 is 11.6 Å². The van der Waals surface area contributed by atoms with E-state index in [1.165, 1.54) is 13.2 Å². The van der Waals surface area contributed by atoms with Crippen molar-refractivity contribution in [2.75, 3.05) is 24.3 Å². The number of halogens is 3. The predicted molar refractivity (Wildman–Crippen MR) is 86.1 cm³/mol. The minimum Gasteiger partial charge on any atom is -0.495 e. The molecule has 0 bridgehead atoms. The lowest BCUT2D eigenvalue weighted by Gasteiger charge is -2.09. The van der Waals surface area contributed by atoms with Crippen LogP contribution in [0, 0.1) is 11.6 Å². The van der Waals surface area contributed by atoms with E-state index in [1.54, 1.807) is 18.2 Å². The monoisotopic (exact) mass is 340 g/mol. The molecular weight excluding hydrogens is 326 g/mol. The minimum absolute atomic E-state index is 0.155. The Kier molecular flexibility index (Phi) is 5.76. The van der Waals surface area contributed by atoms with Gasteiger partial charge in [0, 0.05) is 24.3 Å². The van der Waals surface area contributed by atoms with Crippen molar-refractivity contribution in [1.82, 2.24) is 0 Å². The van der Waals surface area contributed by atoms with Gasteiger partial charge < -0.3 is 15.4 Å². The molecule has 122 valence electrons. The zero-order chi connectivity index (χ0) is 16.8. The summed E-state index contributed by atoms with van der Waals surface area (Å²) >= 11 is 5.97. The second-order valence-corrected chi connectivity index (χ2v) is 5.11. The van der Waals surface area contributed by atoms with Crippen LogP contribution < -0.4 is 15.4 Å². The summed E-state index contributed by atoms with van der Waals surface area (Å²) in [5.74, 6) is -1.57. The van der Waals surface area contributed by atoms with E-state index in [0.717, 1.165) is 12.1 Å². The molecule has 0 radical (unpaired) electrons. The van der Waals surface area contributed by atoms with E-state index in [1.807, 2.05) is 0 Å². The molecule has 0 saturated heterocycles. The Morgan fingerprint density at radius 3 is 2.52 bits per heavy atom. The largest absolute Gasteiger partial charge is 0.495 e. The molecule has 0 aliphatic rings. The topological polar surface area (TPSA) is 50.4 Å². The molecule has 23 heavy (non-hydrogen) atoms. The first-order chi connectivity index (χ1) is 11.0. The number of hydrogen-bond donors (Lipinski definition) is 2. The van der Waals surface area contributed by atoms with E-state index in [-0.39, 0.29) is 18.9 Å². The molecule has 0 fully saturated rings. The van der Waals surface area contributed by atoms with Gasteiger partial charge >= 0.3 is 0 Å².